The van der Waals surface area contributed by atoms with Crippen molar-refractivity contribution < 1.29 is 14.3 Å². The SMILES string of the molecule is CCOC(=O)CCCCCCCCCCCCCCCC(CC)OC(C)CC. The summed E-state index contributed by atoms with van der Waals surface area (Å²) in [4.78, 5) is 11.2. The van der Waals surface area contributed by atoms with Gasteiger partial charge in [-0.3, -0.25) is 4.79 Å². The van der Waals surface area contributed by atoms with Crippen molar-refractivity contribution in [3.05, 3.63) is 0 Å². The summed E-state index contributed by atoms with van der Waals surface area (Å²) < 4.78 is 11.0. The summed E-state index contributed by atoms with van der Waals surface area (Å²) in [5, 5.41) is 0. The summed E-state index contributed by atoms with van der Waals surface area (Å²) in [5.41, 5.74) is 0. The molecule has 3 nitrogen and oxygen atoms in total. The smallest absolute Gasteiger partial charge is 0.305 e. The highest BCUT2D eigenvalue weighted by Crippen LogP contribution is 2.16. The van der Waals surface area contributed by atoms with Crippen molar-refractivity contribution in [3.8, 4) is 0 Å². The quantitative estimate of drug-likeness (QED) is 0.145. The molecule has 0 N–H and O–H groups in total. The van der Waals surface area contributed by atoms with E-state index in [-0.39, 0.29) is 5.97 Å². The molecule has 0 fully saturated rings. The van der Waals surface area contributed by atoms with Crippen LogP contribution in [0.25, 0.3) is 0 Å². The molecule has 0 aliphatic carbocycles. The van der Waals surface area contributed by atoms with Gasteiger partial charge in [-0.05, 0) is 39.5 Å². The van der Waals surface area contributed by atoms with Crippen molar-refractivity contribution in [2.75, 3.05) is 6.61 Å². The molecule has 0 aromatic rings. The fourth-order valence-electron chi connectivity index (χ4n) is 3.61. The molecule has 0 aliphatic heterocycles. The Bertz CT molecular complexity index is 330. The van der Waals surface area contributed by atoms with Crippen LogP contribution in [0.15, 0.2) is 0 Å². The summed E-state index contributed by atoms with van der Waals surface area (Å²) in [6.45, 7) is 9.01. The van der Waals surface area contributed by atoms with Gasteiger partial charge < -0.3 is 9.47 Å². The fraction of sp³-hybridized carbons (Fsp3) is 0.960. The zero-order chi connectivity index (χ0) is 20.9. The predicted octanol–water partition coefficient (Wildman–Crippen LogP) is 7.99. The number of esters is 1. The first-order chi connectivity index (χ1) is 13.6. The van der Waals surface area contributed by atoms with Crippen LogP contribution in [0.2, 0.25) is 0 Å². The largest absolute Gasteiger partial charge is 0.466 e. The van der Waals surface area contributed by atoms with E-state index in [4.69, 9.17) is 9.47 Å². The normalized spacial score (nSPS) is 13.4. The molecule has 0 saturated carbocycles. The van der Waals surface area contributed by atoms with Crippen molar-refractivity contribution in [2.24, 2.45) is 0 Å². The van der Waals surface area contributed by atoms with E-state index in [1.807, 2.05) is 6.92 Å². The van der Waals surface area contributed by atoms with Gasteiger partial charge in [0.25, 0.3) is 0 Å². The van der Waals surface area contributed by atoms with Crippen LogP contribution < -0.4 is 0 Å². The lowest BCUT2D eigenvalue weighted by Gasteiger charge is -2.20. The van der Waals surface area contributed by atoms with Gasteiger partial charge in [0.15, 0.2) is 0 Å². The minimum absolute atomic E-state index is 0.0351. The molecule has 0 radical (unpaired) electrons. The summed E-state index contributed by atoms with van der Waals surface area (Å²) in [7, 11) is 0. The van der Waals surface area contributed by atoms with Crippen molar-refractivity contribution >= 4 is 5.97 Å². The Labute approximate surface area is 176 Å². The fourth-order valence-corrected chi connectivity index (χ4v) is 3.61. The second kappa shape index (κ2) is 21.1. The molecular weight excluding hydrogens is 348 g/mol. The summed E-state index contributed by atoms with van der Waals surface area (Å²) in [6, 6.07) is 0. The third kappa shape index (κ3) is 18.8. The Balaban J connectivity index is 3.24. The van der Waals surface area contributed by atoms with Crippen LogP contribution in [-0.2, 0) is 14.3 Å². The molecule has 0 aromatic heterocycles. The molecular formula is C25H50O3. The number of carbonyl (C=O) groups is 1. The molecule has 2 atom stereocenters. The molecule has 0 saturated heterocycles. The molecule has 0 amide bonds. The van der Waals surface area contributed by atoms with Gasteiger partial charge in [0.2, 0.25) is 0 Å². The lowest BCUT2D eigenvalue weighted by molar-refractivity contribution is -0.143. The molecule has 3 heteroatoms. The number of hydrogen-bond donors (Lipinski definition) is 0. The van der Waals surface area contributed by atoms with E-state index in [0.717, 1.165) is 19.3 Å². The van der Waals surface area contributed by atoms with Gasteiger partial charge in [-0.1, -0.05) is 90.9 Å². The van der Waals surface area contributed by atoms with Crippen LogP contribution in [-0.4, -0.2) is 24.8 Å². The maximum Gasteiger partial charge on any atom is 0.305 e. The second-order valence-corrected chi connectivity index (χ2v) is 8.33. The lowest BCUT2D eigenvalue weighted by Crippen LogP contribution is -2.18. The van der Waals surface area contributed by atoms with E-state index in [1.165, 1.54) is 83.5 Å². The first kappa shape index (κ1) is 27.4. The van der Waals surface area contributed by atoms with E-state index in [9.17, 15) is 4.79 Å². The van der Waals surface area contributed by atoms with Crippen molar-refractivity contribution in [1.29, 1.82) is 0 Å². The van der Waals surface area contributed by atoms with Gasteiger partial charge in [-0.25, -0.2) is 0 Å². The minimum Gasteiger partial charge on any atom is -0.466 e. The molecule has 0 rings (SSSR count). The lowest BCUT2D eigenvalue weighted by atomic mass is 10.0. The Morgan fingerprint density at radius 2 is 1.14 bits per heavy atom. The number of unbranched alkanes of at least 4 members (excludes halogenated alkanes) is 12. The molecule has 0 spiro atoms. The Morgan fingerprint density at radius 3 is 1.57 bits per heavy atom. The van der Waals surface area contributed by atoms with E-state index in [1.54, 1.807) is 0 Å². The number of hydrogen-bond acceptors (Lipinski definition) is 3. The van der Waals surface area contributed by atoms with Crippen LogP contribution in [0.1, 0.15) is 137 Å². The summed E-state index contributed by atoms with van der Waals surface area (Å²) >= 11 is 0. The molecule has 0 aromatic carbocycles. The zero-order valence-corrected chi connectivity index (χ0v) is 19.6. The molecule has 28 heavy (non-hydrogen) atoms. The number of carbonyl (C=O) groups excluding carboxylic acids is 1. The third-order valence-electron chi connectivity index (χ3n) is 5.67. The average Bonchev–Trinajstić information content (AvgIpc) is 2.69. The first-order valence-electron chi connectivity index (χ1n) is 12.4. The maximum atomic E-state index is 11.2. The minimum atomic E-state index is -0.0351. The third-order valence-corrected chi connectivity index (χ3v) is 5.67. The van der Waals surface area contributed by atoms with Crippen molar-refractivity contribution in [2.45, 2.75) is 149 Å². The van der Waals surface area contributed by atoms with Crippen LogP contribution in [0.4, 0.5) is 0 Å². The van der Waals surface area contributed by atoms with Crippen LogP contribution in [0.5, 0.6) is 0 Å². The van der Waals surface area contributed by atoms with Gasteiger partial charge >= 0.3 is 5.97 Å². The first-order valence-corrected chi connectivity index (χ1v) is 12.4. The van der Waals surface area contributed by atoms with Gasteiger partial charge in [0, 0.05) is 6.42 Å². The molecule has 0 heterocycles. The van der Waals surface area contributed by atoms with Crippen LogP contribution in [0, 0.1) is 0 Å². The summed E-state index contributed by atoms with van der Waals surface area (Å²) in [5.74, 6) is -0.0351. The standard InChI is InChI=1S/C25H50O3/c1-5-23(4)28-24(6-2)21-19-17-15-13-11-9-8-10-12-14-16-18-20-22-25(26)27-7-3/h23-24H,5-22H2,1-4H3. The Hall–Kier alpha value is -0.570. The number of ether oxygens (including phenoxy) is 2. The monoisotopic (exact) mass is 398 g/mol. The van der Waals surface area contributed by atoms with Crippen LogP contribution in [0.3, 0.4) is 0 Å². The van der Waals surface area contributed by atoms with Gasteiger partial charge in [0.05, 0.1) is 18.8 Å². The van der Waals surface area contributed by atoms with E-state index in [2.05, 4.69) is 20.8 Å². The van der Waals surface area contributed by atoms with E-state index < -0.39 is 0 Å². The summed E-state index contributed by atoms with van der Waals surface area (Å²) in [6.07, 6.45) is 22.1. The maximum absolute atomic E-state index is 11.2. The van der Waals surface area contributed by atoms with E-state index >= 15 is 0 Å². The van der Waals surface area contributed by atoms with E-state index in [0.29, 0.717) is 25.2 Å². The molecule has 2 unspecified atom stereocenters. The van der Waals surface area contributed by atoms with Crippen LogP contribution >= 0.6 is 0 Å². The highest BCUT2D eigenvalue weighted by molar-refractivity contribution is 5.69. The molecule has 0 bridgehead atoms. The van der Waals surface area contributed by atoms with Gasteiger partial charge in [-0.2, -0.15) is 0 Å². The topological polar surface area (TPSA) is 35.5 Å². The van der Waals surface area contributed by atoms with Crippen molar-refractivity contribution in [3.63, 3.8) is 0 Å². The van der Waals surface area contributed by atoms with Gasteiger partial charge in [0.1, 0.15) is 0 Å². The number of rotatable bonds is 21. The highest BCUT2D eigenvalue weighted by Gasteiger charge is 2.09. The predicted molar refractivity (Wildman–Crippen MR) is 121 cm³/mol. The Kier molecular flexibility index (Phi) is 20.7. The zero-order valence-electron chi connectivity index (χ0n) is 19.6. The average molecular weight is 399 g/mol. The van der Waals surface area contributed by atoms with Gasteiger partial charge in [-0.15, -0.1) is 0 Å². The van der Waals surface area contributed by atoms with Crippen molar-refractivity contribution in [1.82, 2.24) is 0 Å². The molecule has 168 valence electrons. The molecule has 0 aliphatic rings. The Morgan fingerprint density at radius 1 is 0.679 bits per heavy atom. The highest BCUT2D eigenvalue weighted by atomic mass is 16.5. The second-order valence-electron chi connectivity index (χ2n) is 8.33.